The SMILES string of the molecule is N#Cc1ccc(C2=CCC3C4=C(c5ccccc5)C5CCC=CC5C(c5ccccc5)=C4c4cccc2c43)c2ccccc12. The average Bonchev–Trinajstić information content (AvgIpc) is 3.42. The predicted octanol–water partition coefficient (Wildman–Crippen LogP) is 10.6. The number of nitriles is 1. The summed E-state index contributed by atoms with van der Waals surface area (Å²) in [4.78, 5) is 0. The molecule has 0 saturated carbocycles. The second-order valence-electron chi connectivity index (χ2n) is 12.5. The first kappa shape index (κ1) is 25.3. The second-order valence-corrected chi connectivity index (χ2v) is 12.5. The van der Waals surface area contributed by atoms with Gasteiger partial charge >= 0.3 is 0 Å². The Hall–Kier alpha value is -5.19. The lowest BCUT2D eigenvalue weighted by molar-refractivity contribution is 0.515. The van der Waals surface area contributed by atoms with Crippen molar-refractivity contribution in [2.75, 3.05) is 0 Å². The topological polar surface area (TPSA) is 23.8 Å². The smallest absolute Gasteiger partial charge is 0.0998 e. The standard InChI is InChI=1S/C43H31N/c44-26-29-22-23-32(31-17-8-7-16-30(29)31)33-24-25-38-41-34(33)20-11-21-37(41)42-39(27-12-3-1-4-13-27)35-18-9-10-19-36(35)40(43(38)42)28-14-5-2-6-15-28/h1-9,11-18,20-24,35-36,38H,10,19,25H2. The van der Waals surface area contributed by atoms with Gasteiger partial charge in [-0.1, -0.05) is 127 Å². The third-order valence-corrected chi connectivity index (χ3v) is 10.4. The van der Waals surface area contributed by atoms with Gasteiger partial charge in [-0.25, -0.2) is 0 Å². The molecule has 1 nitrogen and oxygen atoms in total. The van der Waals surface area contributed by atoms with Crippen molar-refractivity contribution in [2.24, 2.45) is 11.8 Å². The first-order chi connectivity index (χ1) is 21.8. The van der Waals surface area contributed by atoms with Crippen LogP contribution in [0, 0.1) is 23.2 Å². The number of benzene rings is 5. The van der Waals surface area contributed by atoms with Gasteiger partial charge in [-0.3, -0.25) is 0 Å². The lowest BCUT2D eigenvalue weighted by atomic mass is 9.63. The van der Waals surface area contributed by atoms with Crippen molar-refractivity contribution in [1.82, 2.24) is 0 Å². The molecule has 0 amide bonds. The van der Waals surface area contributed by atoms with Crippen LogP contribution in [-0.4, -0.2) is 0 Å². The zero-order valence-corrected chi connectivity index (χ0v) is 24.5. The minimum absolute atomic E-state index is 0.324. The Bertz CT molecular complexity index is 2150. The van der Waals surface area contributed by atoms with Gasteiger partial charge in [0.15, 0.2) is 0 Å². The summed E-state index contributed by atoms with van der Waals surface area (Å²) in [7, 11) is 0. The molecule has 0 bridgehead atoms. The van der Waals surface area contributed by atoms with Gasteiger partial charge in [0.05, 0.1) is 11.6 Å². The molecule has 5 aromatic carbocycles. The summed E-state index contributed by atoms with van der Waals surface area (Å²) in [5.41, 5.74) is 16.2. The second kappa shape index (κ2) is 9.94. The number of fused-ring (bicyclic) bond motifs is 5. The zero-order chi connectivity index (χ0) is 29.2. The largest absolute Gasteiger partial charge is 0.192 e. The van der Waals surface area contributed by atoms with Crippen LogP contribution in [0.1, 0.15) is 64.1 Å². The molecule has 3 unspecified atom stereocenters. The first-order valence-electron chi connectivity index (χ1n) is 15.9. The van der Waals surface area contributed by atoms with Crippen LogP contribution in [0.4, 0.5) is 0 Å². The number of allylic oxidation sites excluding steroid dienone is 7. The summed E-state index contributed by atoms with van der Waals surface area (Å²) in [5.74, 6) is 1.14. The fourth-order valence-electron chi connectivity index (χ4n) is 8.70. The molecule has 44 heavy (non-hydrogen) atoms. The van der Waals surface area contributed by atoms with Crippen molar-refractivity contribution in [3.05, 3.63) is 178 Å². The van der Waals surface area contributed by atoms with E-state index >= 15 is 0 Å². The highest BCUT2D eigenvalue weighted by molar-refractivity contribution is 6.12. The Morgan fingerprint density at radius 2 is 1.32 bits per heavy atom. The molecule has 3 atom stereocenters. The molecule has 0 aliphatic heterocycles. The van der Waals surface area contributed by atoms with Gasteiger partial charge in [0.25, 0.3) is 0 Å². The van der Waals surface area contributed by atoms with Crippen molar-refractivity contribution in [2.45, 2.75) is 25.2 Å². The van der Waals surface area contributed by atoms with Gasteiger partial charge < -0.3 is 0 Å². The third kappa shape index (κ3) is 3.58. The molecule has 4 aliphatic rings. The Kier molecular flexibility index (Phi) is 5.72. The normalized spacial score (nSPS) is 21.4. The molecule has 208 valence electrons. The van der Waals surface area contributed by atoms with Crippen LogP contribution in [0.2, 0.25) is 0 Å². The van der Waals surface area contributed by atoms with E-state index < -0.39 is 0 Å². The molecule has 1 heteroatoms. The molecule has 0 spiro atoms. The highest BCUT2D eigenvalue weighted by Crippen LogP contribution is 2.63. The average molecular weight is 562 g/mol. The quantitative estimate of drug-likeness (QED) is 0.201. The third-order valence-electron chi connectivity index (χ3n) is 10.4. The number of rotatable bonds is 3. The summed E-state index contributed by atoms with van der Waals surface area (Å²) < 4.78 is 0. The maximum absolute atomic E-state index is 9.84. The summed E-state index contributed by atoms with van der Waals surface area (Å²) in [5, 5.41) is 12.0. The van der Waals surface area contributed by atoms with Gasteiger partial charge in [-0.05, 0) is 97.9 Å². The van der Waals surface area contributed by atoms with Gasteiger partial charge in [0, 0.05) is 17.2 Å². The van der Waals surface area contributed by atoms with E-state index in [2.05, 4.69) is 127 Å². The Morgan fingerprint density at radius 1 is 0.614 bits per heavy atom. The number of hydrogen-bond acceptors (Lipinski definition) is 1. The van der Waals surface area contributed by atoms with Crippen molar-refractivity contribution in [3.8, 4) is 6.07 Å². The van der Waals surface area contributed by atoms with Crippen LogP contribution >= 0.6 is 0 Å². The van der Waals surface area contributed by atoms with Crippen LogP contribution in [0.3, 0.4) is 0 Å². The number of hydrogen-bond donors (Lipinski definition) is 0. The van der Waals surface area contributed by atoms with E-state index in [1.54, 1.807) is 11.1 Å². The van der Waals surface area contributed by atoms with Crippen LogP contribution in [0.5, 0.6) is 0 Å². The van der Waals surface area contributed by atoms with Crippen molar-refractivity contribution >= 4 is 33.1 Å². The van der Waals surface area contributed by atoms with E-state index in [1.807, 2.05) is 12.1 Å². The zero-order valence-electron chi connectivity index (χ0n) is 24.5. The Balaban J connectivity index is 1.35. The fourth-order valence-corrected chi connectivity index (χ4v) is 8.70. The summed E-state index contributed by atoms with van der Waals surface area (Å²) in [6.07, 6.45) is 10.7. The molecule has 5 aromatic rings. The molecular formula is C43H31N. The van der Waals surface area contributed by atoms with E-state index in [0.29, 0.717) is 17.8 Å². The minimum atomic E-state index is 0.324. The van der Waals surface area contributed by atoms with Crippen LogP contribution in [-0.2, 0) is 0 Å². The van der Waals surface area contributed by atoms with Crippen LogP contribution in [0.15, 0.2) is 139 Å². The molecule has 0 fully saturated rings. The van der Waals surface area contributed by atoms with E-state index in [9.17, 15) is 5.26 Å². The van der Waals surface area contributed by atoms with Crippen molar-refractivity contribution in [3.63, 3.8) is 0 Å². The highest BCUT2D eigenvalue weighted by Gasteiger charge is 2.46. The Morgan fingerprint density at radius 3 is 2.09 bits per heavy atom. The fraction of sp³-hybridized carbons (Fsp3) is 0.140. The molecule has 9 rings (SSSR count). The molecule has 4 aliphatic carbocycles. The van der Waals surface area contributed by atoms with E-state index in [1.165, 1.54) is 56.5 Å². The first-order valence-corrected chi connectivity index (χ1v) is 15.9. The van der Waals surface area contributed by atoms with E-state index in [4.69, 9.17) is 0 Å². The maximum Gasteiger partial charge on any atom is 0.0998 e. The molecule has 0 N–H and O–H groups in total. The van der Waals surface area contributed by atoms with Crippen LogP contribution in [0.25, 0.3) is 33.1 Å². The lowest BCUT2D eigenvalue weighted by Crippen LogP contribution is -2.25. The summed E-state index contributed by atoms with van der Waals surface area (Å²) >= 11 is 0. The minimum Gasteiger partial charge on any atom is -0.192 e. The summed E-state index contributed by atoms with van der Waals surface area (Å²) in [6, 6.07) is 44.3. The van der Waals surface area contributed by atoms with Gasteiger partial charge in [0.1, 0.15) is 0 Å². The lowest BCUT2D eigenvalue weighted by Gasteiger charge is -2.40. The maximum atomic E-state index is 9.84. The number of nitrogens with zero attached hydrogens (tertiary/aromatic N) is 1. The predicted molar refractivity (Wildman–Crippen MR) is 182 cm³/mol. The molecule has 0 heterocycles. The van der Waals surface area contributed by atoms with E-state index in [0.717, 1.165) is 29.2 Å². The van der Waals surface area contributed by atoms with Gasteiger partial charge in [-0.15, -0.1) is 0 Å². The molecular weight excluding hydrogens is 530 g/mol. The highest BCUT2D eigenvalue weighted by atomic mass is 14.5. The van der Waals surface area contributed by atoms with Crippen LogP contribution < -0.4 is 0 Å². The van der Waals surface area contributed by atoms with Gasteiger partial charge in [-0.2, -0.15) is 5.26 Å². The van der Waals surface area contributed by atoms with E-state index in [-0.39, 0.29) is 0 Å². The monoisotopic (exact) mass is 561 g/mol. The summed E-state index contributed by atoms with van der Waals surface area (Å²) in [6.45, 7) is 0. The molecule has 0 radical (unpaired) electrons. The molecule has 0 saturated heterocycles. The van der Waals surface area contributed by atoms with Crippen molar-refractivity contribution < 1.29 is 0 Å². The Labute approximate surface area is 258 Å². The van der Waals surface area contributed by atoms with Crippen molar-refractivity contribution in [1.29, 1.82) is 5.26 Å². The van der Waals surface area contributed by atoms with Gasteiger partial charge in [0.2, 0.25) is 0 Å². The molecule has 0 aromatic heterocycles.